The second-order valence-electron chi connectivity index (χ2n) is 6.15. The molecule has 2 aromatic rings. The Balaban J connectivity index is 0.00000208. The van der Waals surface area contributed by atoms with E-state index in [2.05, 4.69) is 39.5 Å². The summed E-state index contributed by atoms with van der Waals surface area (Å²) in [7, 11) is 5.91. The fourth-order valence-corrected chi connectivity index (χ4v) is 3.04. The van der Waals surface area contributed by atoms with Gasteiger partial charge < -0.3 is 15.1 Å². The van der Waals surface area contributed by atoms with Gasteiger partial charge in [-0.25, -0.2) is 4.98 Å². The average molecular weight is 439 g/mol. The van der Waals surface area contributed by atoms with Gasteiger partial charge in [-0.1, -0.05) is 18.2 Å². The molecule has 3 rings (SSSR count). The number of benzene rings is 1. The highest BCUT2D eigenvalue weighted by Crippen LogP contribution is 2.22. The molecule has 1 fully saturated rings. The summed E-state index contributed by atoms with van der Waals surface area (Å²) < 4.78 is 0. The van der Waals surface area contributed by atoms with E-state index in [1.807, 2.05) is 32.1 Å². The largest absolute Gasteiger partial charge is 0.363 e. The topological polar surface area (TPSA) is 43.8 Å². The van der Waals surface area contributed by atoms with Gasteiger partial charge in [0.2, 0.25) is 0 Å². The predicted molar refractivity (Wildman–Crippen MR) is 112 cm³/mol. The van der Waals surface area contributed by atoms with Crippen LogP contribution in [0.4, 0.5) is 5.82 Å². The van der Waals surface area contributed by atoms with Crippen LogP contribution in [0.1, 0.15) is 18.4 Å². The fourth-order valence-electron chi connectivity index (χ4n) is 3.04. The molecule has 0 radical (unpaired) electrons. The van der Waals surface area contributed by atoms with Crippen molar-refractivity contribution in [2.24, 2.45) is 4.99 Å². The highest BCUT2D eigenvalue weighted by atomic mass is 127. The molecule has 0 unspecified atom stereocenters. The Morgan fingerprint density at radius 1 is 1.25 bits per heavy atom. The molecule has 1 aliphatic heterocycles. The molecule has 6 heteroatoms. The second-order valence-corrected chi connectivity index (χ2v) is 6.15. The number of halogens is 1. The van der Waals surface area contributed by atoms with Gasteiger partial charge in [0.15, 0.2) is 5.96 Å². The van der Waals surface area contributed by atoms with Gasteiger partial charge in [0.1, 0.15) is 5.82 Å². The van der Waals surface area contributed by atoms with Crippen LogP contribution in [0.5, 0.6) is 0 Å². The monoisotopic (exact) mass is 439 g/mol. The number of guanidine groups is 1. The molecular weight excluding hydrogens is 413 g/mol. The van der Waals surface area contributed by atoms with Crippen LogP contribution >= 0.6 is 24.0 Å². The Bertz CT molecular complexity index is 708. The Morgan fingerprint density at radius 2 is 1.96 bits per heavy atom. The summed E-state index contributed by atoms with van der Waals surface area (Å²) in [6.07, 6.45) is 2.51. The summed E-state index contributed by atoms with van der Waals surface area (Å²) in [4.78, 5) is 13.5. The zero-order valence-corrected chi connectivity index (χ0v) is 16.9. The van der Waals surface area contributed by atoms with E-state index in [0.29, 0.717) is 0 Å². The van der Waals surface area contributed by atoms with Crippen LogP contribution in [-0.2, 0) is 6.54 Å². The number of pyridine rings is 1. The normalized spacial score (nSPS) is 14.6. The van der Waals surface area contributed by atoms with Crippen molar-refractivity contribution in [3.8, 4) is 0 Å². The standard InChI is InChI=1S/C18H25N5.HI/c1-19-18(23-10-6-7-11-23)20-13-14-12-17(22(2)3)21-16-9-5-4-8-15(14)16;/h4-5,8-9,12H,6-7,10-11,13H2,1-3H3,(H,19,20);1H. The first-order chi connectivity index (χ1) is 11.2. The smallest absolute Gasteiger partial charge is 0.193 e. The molecule has 1 aliphatic rings. The van der Waals surface area contributed by atoms with E-state index in [-0.39, 0.29) is 24.0 Å². The highest BCUT2D eigenvalue weighted by Gasteiger charge is 2.16. The Labute approximate surface area is 161 Å². The SMILES string of the molecule is CN=C(NCc1cc(N(C)C)nc2ccccc12)N1CCCC1.I. The molecule has 130 valence electrons. The number of hydrogen-bond acceptors (Lipinski definition) is 3. The van der Waals surface area contributed by atoms with Gasteiger partial charge in [-0.05, 0) is 30.5 Å². The maximum Gasteiger partial charge on any atom is 0.193 e. The van der Waals surface area contributed by atoms with Gasteiger partial charge in [-0.15, -0.1) is 24.0 Å². The lowest BCUT2D eigenvalue weighted by atomic mass is 10.1. The number of fused-ring (bicyclic) bond motifs is 1. The van der Waals surface area contributed by atoms with E-state index in [0.717, 1.165) is 36.9 Å². The Hall–Kier alpha value is -1.57. The Kier molecular flexibility index (Phi) is 6.65. The van der Waals surface area contributed by atoms with Crippen molar-refractivity contribution in [3.05, 3.63) is 35.9 Å². The summed E-state index contributed by atoms with van der Waals surface area (Å²) in [5, 5.41) is 4.71. The van der Waals surface area contributed by atoms with Gasteiger partial charge in [0.25, 0.3) is 0 Å². The zero-order valence-electron chi connectivity index (χ0n) is 14.6. The molecule has 0 atom stereocenters. The summed E-state index contributed by atoms with van der Waals surface area (Å²) in [6.45, 7) is 2.95. The third-order valence-electron chi connectivity index (χ3n) is 4.30. The number of anilines is 1. The average Bonchev–Trinajstić information content (AvgIpc) is 3.09. The molecule has 1 aromatic carbocycles. The first kappa shape index (κ1) is 18.8. The summed E-state index contributed by atoms with van der Waals surface area (Å²) in [5.41, 5.74) is 2.28. The molecule has 0 amide bonds. The molecule has 1 saturated heterocycles. The minimum atomic E-state index is 0. The molecule has 5 nitrogen and oxygen atoms in total. The van der Waals surface area contributed by atoms with Crippen LogP contribution in [-0.4, -0.2) is 50.1 Å². The van der Waals surface area contributed by atoms with Crippen LogP contribution in [0.15, 0.2) is 35.3 Å². The lowest BCUT2D eigenvalue weighted by Crippen LogP contribution is -2.39. The van der Waals surface area contributed by atoms with Crippen molar-refractivity contribution in [1.29, 1.82) is 0 Å². The van der Waals surface area contributed by atoms with E-state index in [1.54, 1.807) is 0 Å². The number of likely N-dealkylation sites (tertiary alicyclic amines) is 1. The number of nitrogens with zero attached hydrogens (tertiary/aromatic N) is 4. The molecular formula is C18H26IN5. The zero-order chi connectivity index (χ0) is 16.2. The minimum absolute atomic E-state index is 0. The second kappa shape index (κ2) is 8.50. The summed E-state index contributed by atoms with van der Waals surface area (Å²) in [6, 6.07) is 10.5. The first-order valence-electron chi connectivity index (χ1n) is 8.20. The molecule has 0 bridgehead atoms. The van der Waals surface area contributed by atoms with Gasteiger partial charge in [-0.2, -0.15) is 0 Å². The van der Waals surface area contributed by atoms with E-state index in [1.165, 1.54) is 23.8 Å². The molecule has 1 N–H and O–H groups in total. The van der Waals surface area contributed by atoms with Crippen molar-refractivity contribution in [3.63, 3.8) is 0 Å². The number of hydrogen-bond donors (Lipinski definition) is 1. The van der Waals surface area contributed by atoms with E-state index >= 15 is 0 Å². The van der Waals surface area contributed by atoms with Crippen molar-refractivity contribution in [2.45, 2.75) is 19.4 Å². The lowest BCUT2D eigenvalue weighted by Gasteiger charge is -2.22. The van der Waals surface area contributed by atoms with Crippen LogP contribution in [0.3, 0.4) is 0 Å². The number of para-hydroxylation sites is 1. The molecule has 2 heterocycles. The maximum absolute atomic E-state index is 4.72. The summed E-state index contributed by atoms with van der Waals surface area (Å²) >= 11 is 0. The van der Waals surface area contributed by atoms with Crippen LogP contribution < -0.4 is 10.2 Å². The fraction of sp³-hybridized carbons (Fsp3) is 0.444. The molecule has 0 aliphatic carbocycles. The van der Waals surface area contributed by atoms with Crippen LogP contribution in [0, 0.1) is 0 Å². The van der Waals surface area contributed by atoms with Crippen LogP contribution in [0.2, 0.25) is 0 Å². The number of aliphatic imine (C=N–C) groups is 1. The maximum atomic E-state index is 4.72. The first-order valence-corrected chi connectivity index (χ1v) is 8.20. The van der Waals surface area contributed by atoms with Crippen molar-refractivity contribution < 1.29 is 0 Å². The van der Waals surface area contributed by atoms with E-state index in [4.69, 9.17) is 4.98 Å². The Morgan fingerprint density at radius 3 is 2.62 bits per heavy atom. The predicted octanol–water partition coefficient (Wildman–Crippen LogP) is 3.09. The number of nitrogens with one attached hydrogen (secondary N) is 1. The number of rotatable bonds is 3. The highest BCUT2D eigenvalue weighted by molar-refractivity contribution is 14.0. The molecule has 0 saturated carbocycles. The van der Waals surface area contributed by atoms with Gasteiger partial charge in [0.05, 0.1) is 5.52 Å². The molecule has 24 heavy (non-hydrogen) atoms. The third kappa shape index (κ3) is 4.09. The lowest BCUT2D eigenvalue weighted by molar-refractivity contribution is 0.493. The third-order valence-corrected chi connectivity index (χ3v) is 4.30. The molecule has 1 aromatic heterocycles. The summed E-state index contributed by atoms with van der Waals surface area (Å²) in [5.74, 6) is 1.98. The van der Waals surface area contributed by atoms with E-state index in [9.17, 15) is 0 Å². The van der Waals surface area contributed by atoms with Gasteiger partial charge >= 0.3 is 0 Å². The van der Waals surface area contributed by atoms with Crippen molar-refractivity contribution in [2.75, 3.05) is 39.1 Å². The molecule has 0 spiro atoms. The van der Waals surface area contributed by atoms with Gasteiger partial charge in [0, 0.05) is 46.2 Å². The quantitative estimate of drug-likeness (QED) is 0.454. The van der Waals surface area contributed by atoms with Crippen molar-refractivity contribution in [1.82, 2.24) is 15.2 Å². The van der Waals surface area contributed by atoms with Crippen LogP contribution in [0.25, 0.3) is 10.9 Å². The van der Waals surface area contributed by atoms with Gasteiger partial charge in [-0.3, -0.25) is 4.99 Å². The van der Waals surface area contributed by atoms with Crippen molar-refractivity contribution >= 4 is 46.7 Å². The minimum Gasteiger partial charge on any atom is -0.363 e. The number of aromatic nitrogens is 1. The van der Waals surface area contributed by atoms with E-state index < -0.39 is 0 Å².